The van der Waals surface area contributed by atoms with Crippen LogP contribution in [0.2, 0.25) is 0 Å². The van der Waals surface area contributed by atoms with E-state index in [9.17, 15) is 4.79 Å². The van der Waals surface area contributed by atoms with Gasteiger partial charge in [0.15, 0.2) is 0 Å². The number of amides is 1. The SMILES string of the molecule is CN=C(C)/C(C(=O)Nc1ccc(N)c(C(=N)c2ccoc2)c1)=C(\N)C#N. The first kappa shape index (κ1) is 18.5. The molecule has 1 aromatic heterocycles. The van der Waals surface area contributed by atoms with Crippen LogP contribution in [0.25, 0.3) is 0 Å². The summed E-state index contributed by atoms with van der Waals surface area (Å²) >= 11 is 0. The molecule has 8 heteroatoms. The third-order valence-electron chi connectivity index (χ3n) is 3.70. The minimum atomic E-state index is -0.572. The van der Waals surface area contributed by atoms with E-state index < -0.39 is 5.91 Å². The molecule has 0 unspecified atom stereocenters. The highest BCUT2D eigenvalue weighted by atomic mass is 16.3. The van der Waals surface area contributed by atoms with Crippen LogP contribution in [-0.4, -0.2) is 24.4 Å². The molecule has 8 nitrogen and oxygen atoms in total. The van der Waals surface area contributed by atoms with Crippen molar-refractivity contribution in [3.8, 4) is 6.07 Å². The van der Waals surface area contributed by atoms with Crippen molar-refractivity contribution >= 4 is 28.7 Å². The van der Waals surface area contributed by atoms with E-state index >= 15 is 0 Å². The number of rotatable bonds is 5. The molecule has 0 aliphatic heterocycles. The van der Waals surface area contributed by atoms with E-state index in [0.29, 0.717) is 28.2 Å². The van der Waals surface area contributed by atoms with Crippen molar-refractivity contribution in [2.24, 2.45) is 10.7 Å². The van der Waals surface area contributed by atoms with Gasteiger partial charge in [0.05, 0.1) is 23.8 Å². The third-order valence-corrected chi connectivity index (χ3v) is 3.70. The molecule has 2 aromatic rings. The fourth-order valence-electron chi connectivity index (χ4n) is 2.26. The lowest BCUT2D eigenvalue weighted by atomic mass is 10.0. The number of nitrogen functional groups attached to an aromatic ring is 1. The van der Waals surface area contributed by atoms with Crippen molar-refractivity contribution in [3.05, 3.63) is 59.2 Å². The average Bonchev–Trinajstić information content (AvgIpc) is 3.17. The van der Waals surface area contributed by atoms with Gasteiger partial charge in [-0.15, -0.1) is 0 Å². The monoisotopic (exact) mass is 350 g/mol. The maximum absolute atomic E-state index is 12.5. The number of aliphatic imine (C=N–C) groups is 1. The number of hydrogen-bond donors (Lipinski definition) is 4. The number of nitrogens with zero attached hydrogens (tertiary/aromatic N) is 2. The lowest BCUT2D eigenvalue weighted by molar-refractivity contribution is -0.112. The highest BCUT2D eigenvalue weighted by molar-refractivity contribution is 6.25. The minimum absolute atomic E-state index is 0.00159. The molecule has 0 saturated heterocycles. The first-order valence-corrected chi connectivity index (χ1v) is 7.55. The fourth-order valence-corrected chi connectivity index (χ4v) is 2.26. The Balaban J connectivity index is 2.36. The number of nitrogens with two attached hydrogens (primary N) is 2. The van der Waals surface area contributed by atoms with E-state index in [1.807, 2.05) is 0 Å². The molecule has 1 aromatic carbocycles. The maximum atomic E-state index is 12.5. The second-order valence-corrected chi connectivity index (χ2v) is 5.35. The summed E-state index contributed by atoms with van der Waals surface area (Å²) in [5.41, 5.74) is 13.6. The van der Waals surface area contributed by atoms with Crippen LogP contribution in [0, 0.1) is 16.7 Å². The zero-order valence-corrected chi connectivity index (χ0v) is 14.3. The highest BCUT2D eigenvalue weighted by Crippen LogP contribution is 2.22. The number of nitrogens with one attached hydrogen (secondary N) is 2. The van der Waals surface area contributed by atoms with Gasteiger partial charge in [-0.1, -0.05) is 0 Å². The number of furan rings is 1. The summed E-state index contributed by atoms with van der Waals surface area (Å²) in [7, 11) is 1.50. The van der Waals surface area contributed by atoms with Crippen LogP contribution in [0.4, 0.5) is 11.4 Å². The molecule has 6 N–H and O–H groups in total. The number of nitriles is 1. The van der Waals surface area contributed by atoms with Crippen LogP contribution in [0.3, 0.4) is 0 Å². The number of carbonyl (C=O) groups is 1. The summed E-state index contributed by atoms with van der Waals surface area (Å²) in [5.74, 6) is -0.572. The van der Waals surface area contributed by atoms with Crippen molar-refractivity contribution in [1.29, 1.82) is 10.7 Å². The molecule has 0 bridgehead atoms. The molecule has 0 aliphatic rings. The Kier molecular flexibility index (Phi) is 5.55. The van der Waals surface area contributed by atoms with Crippen LogP contribution < -0.4 is 16.8 Å². The summed E-state index contributed by atoms with van der Waals surface area (Å²) in [4.78, 5) is 16.4. The van der Waals surface area contributed by atoms with Gasteiger partial charge in [-0.3, -0.25) is 15.2 Å². The summed E-state index contributed by atoms with van der Waals surface area (Å²) < 4.78 is 4.99. The maximum Gasteiger partial charge on any atom is 0.260 e. The Labute approximate surface area is 150 Å². The lowest BCUT2D eigenvalue weighted by Crippen LogP contribution is -2.23. The van der Waals surface area contributed by atoms with E-state index in [2.05, 4.69) is 10.3 Å². The Hall–Kier alpha value is -3.86. The summed E-state index contributed by atoms with van der Waals surface area (Å²) in [6, 6.07) is 8.14. The topological polar surface area (TPSA) is 154 Å². The van der Waals surface area contributed by atoms with Crippen LogP contribution in [-0.2, 0) is 4.79 Å². The van der Waals surface area contributed by atoms with Crippen LogP contribution >= 0.6 is 0 Å². The Morgan fingerprint density at radius 2 is 2.12 bits per heavy atom. The van der Waals surface area contributed by atoms with Crippen LogP contribution in [0.15, 0.2) is 57.5 Å². The van der Waals surface area contributed by atoms with Gasteiger partial charge in [0, 0.05) is 35.3 Å². The number of benzene rings is 1. The largest absolute Gasteiger partial charge is 0.472 e. The molecule has 132 valence electrons. The number of anilines is 2. The highest BCUT2D eigenvalue weighted by Gasteiger charge is 2.18. The van der Waals surface area contributed by atoms with Crippen molar-refractivity contribution < 1.29 is 9.21 Å². The van der Waals surface area contributed by atoms with Gasteiger partial charge in [-0.05, 0) is 31.2 Å². The van der Waals surface area contributed by atoms with Gasteiger partial charge in [0.25, 0.3) is 5.91 Å². The quantitative estimate of drug-likeness (QED) is 0.281. The van der Waals surface area contributed by atoms with Gasteiger partial charge in [0.1, 0.15) is 11.8 Å². The van der Waals surface area contributed by atoms with E-state index in [0.717, 1.165) is 0 Å². The Bertz CT molecular complexity index is 949. The zero-order valence-electron chi connectivity index (χ0n) is 14.3. The van der Waals surface area contributed by atoms with Gasteiger partial charge < -0.3 is 21.2 Å². The number of allylic oxidation sites excluding steroid dienone is 1. The average molecular weight is 350 g/mol. The molecule has 0 saturated carbocycles. The molecular formula is C18H18N6O2. The van der Waals surface area contributed by atoms with Crippen molar-refractivity contribution in [1.82, 2.24) is 0 Å². The van der Waals surface area contributed by atoms with Gasteiger partial charge in [-0.25, -0.2) is 0 Å². The standard InChI is InChI=1S/C18H18N6O2/c1-10(23-2)16(15(21)8-19)18(25)24-12-3-4-14(20)13(7-12)17(22)11-5-6-26-9-11/h3-7,9,22H,20-21H2,1-2H3,(H,24,25)/b16-15+,22-17?,23-10?. The molecule has 0 atom stereocenters. The van der Waals surface area contributed by atoms with E-state index in [1.54, 1.807) is 37.3 Å². The predicted octanol–water partition coefficient (Wildman–Crippen LogP) is 2.04. The molecule has 0 fully saturated rings. The smallest absolute Gasteiger partial charge is 0.260 e. The van der Waals surface area contributed by atoms with Gasteiger partial charge in [0.2, 0.25) is 0 Å². The second kappa shape index (κ2) is 7.81. The molecule has 0 spiro atoms. The van der Waals surface area contributed by atoms with Crippen molar-refractivity contribution in [2.45, 2.75) is 6.92 Å². The summed E-state index contributed by atoms with van der Waals surface area (Å²) in [6.07, 6.45) is 2.89. The van der Waals surface area contributed by atoms with E-state index in [1.165, 1.54) is 19.6 Å². The first-order chi connectivity index (χ1) is 12.4. The summed E-state index contributed by atoms with van der Waals surface area (Å²) in [6.45, 7) is 1.59. The fraction of sp³-hybridized carbons (Fsp3) is 0.111. The number of carbonyl (C=O) groups excluding carboxylic acids is 1. The molecule has 0 aliphatic carbocycles. The zero-order chi connectivity index (χ0) is 19.3. The van der Waals surface area contributed by atoms with Crippen molar-refractivity contribution in [2.75, 3.05) is 18.1 Å². The molecule has 1 heterocycles. The molecule has 0 radical (unpaired) electrons. The molecule has 1 amide bonds. The van der Waals surface area contributed by atoms with Crippen LogP contribution in [0.1, 0.15) is 18.1 Å². The molecule has 2 rings (SSSR count). The first-order valence-electron chi connectivity index (χ1n) is 7.55. The molecular weight excluding hydrogens is 332 g/mol. The minimum Gasteiger partial charge on any atom is -0.472 e. The second-order valence-electron chi connectivity index (χ2n) is 5.35. The Morgan fingerprint density at radius 3 is 2.69 bits per heavy atom. The van der Waals surface area contributed by atoms with E-state index in [-0.39, 0.29) is 17.0 Å². The normalized spacial score (nSPS) is 12.1. The summed E-state index contributed by atoms with van der Waals surface area (Å²) in [5, 5.41) is 19.9. The predicted molar refractivity (Wildman–Crippen MR) is 100.0 cm³/mol. The van der Waals surface area contributed by atoms with Crippen LogP contribution in [0.5, 0.6) is 0 Å². The number of hydrogen-bond acceptors (Lipinski definition) is 7. The third kappa shape index (κ3) is 3.79. The van der Waals surface area contributed by atoms with Crippen molar-refractivity contribution in [3.63, 3.8) is 0 Å². The Morgan fingerprint density at radius 1 is 1.38 bits per heavy atom. The van der Waals surface area contributed by atoms with E-state index in [4.69, 9.17) is 26.6 Å². The van der Waals surface area contributed by atoms with Gasteiger partial charge >= 0.3 is 0 Å². The lowest BCUT2D eigenvalue weighted by Gasteiger charge is -2.12. The molecule has 26 heavy (non-hydrogen) atoms. The van der Waals surface area contributed by atoms with Gasteiger partial charge in [-0.2, -0.15) is 5.26 Å².